The molecule has 0 bridgehead atoms. The van der Waals surface area contributed by atoms with Crippen LogP contribution in [0, 0.1) is 0 Å². The maximum Gasteiger partial charge on any atom is 0.0709 e. The average Bonchev–Trinajstić information content (AvgIpc) is 3.47. The third-order valence-electron chi connectivity index (χ3n) is 10.9. The van der Waals surface area contributed by atoms with Gasteiger partial charge in [-0.15, -0.1) is 0 Å². The van der Waals surface area contributed by atoms with Gasteiger partial charge in [0.05, 0.1) is 17.1 Å². The zero-order chi connectivity index (χ0) is 36.2. The van der Waals surface area contributed by atoms with E-state index < -0.39 is 0 Å². The molecule has 0 amide bonds. The van der Waals surface area contributed by atoms with E-state index in [4.69, 9.17) is 4.98 Å². The Bertz CT molecular complexity index is 2730. The predicted octanol–water partition coefficient (Wildman–Crippen LogP) is 13.0. The number of rotatable bonds is 7. The molecular formula is C50H36N4. The van der Waals surface area contributed by atoms with Crippen LogP contribution in [0.1, 0.15) is 25.0 Å². The molecule has 0 atom stereocenters. The van der Waals surface area contributed by atoms with Crippen LogP contribution in [0.4, 0.5) is 17.1 Å². The highest BCUT2D eigenvalue weighted by atomic mass is 15.1. The van der Waals surface area contributed by atoms with Gasteiger partial charge in [-0.1, -0.05) is 98.8 Å². The Morgan fingerprint density at radius 2 is 1.04 bits per heavy atom. The maximum atomic E-state index is 5.14. The SMILES string of the molecule is CC1(C)c2cc(-c3cccc(-c4ccccc4)n3)cc3ccc4cc(N(c5ccc(-c6cccnc6)cc5)c5ccc(-c6ccccn6)cc5)cc1c4c23. The van der Waals surface area contributed by atoms with Crippen LogP contribution in [0.25, 0.3) is 66.4 Å². The first-order valence-corrected chi connectivity index (χ1v) is 18.4. The molecule has 0 spiro atoms. The zero-order valence-electron chi connectivity index (χ0n) is 30.1. The summed E-state index contributed by atoms with van der Waals surface area (Å²) >= 11 is 0. The van der Waals surface area contributed by atoms with E-state index in [1.807, 2.05) is 42.9 Å². The molecule has 1 aliphatic rings. The third kappa shape index (κ3) is 5.34. The van der Waals surface area contributed by atoms with E-state index >= 15 is 0 Å². The van der Waals surface area contributed by atoms with Gasteiger partial charge in [0.2, 0.25) is 0 Å². The minimum atomic E-state index is -0.234. The smallest absolute Gasteiger partial charge is 0.0709 e. The first kappa shape index (κ1) is 31.8. The summed E-state index contributed by atoms with van der Waals surface area (Å²) in [5, 5.41) is 5.16. The Balaban J connectivity index is 1.10. The van der Waals surface area contributed by atoms with E-state index in [9.17, 15) is 0 Å². The molecule has 0 N–H and O–H groups in total. The van der Waals surface area contributed by atoms with E-state index in [1.54, 1.807) is 0 Å². The lowest BCUT2D eigenvalue weighted by atomic mass is 9.80. The van der Waals surface area contributed by atoms with E-state index in [1.165, 1.54) is 32.7 Å². The van der Waals surface area contributed by atoms with E-state index in [0.717, 1.165) is 62.0 Å². The minimum absolute atomic E-state index is 0.234. The van der Waals surface area contributed by atoms with Crippen LogP contribution in [-0.4, -0.2) is 15.0 Å². The van der Waals surface area contributed by atoms with Gasteiger partial charge in [-0.05, 0) is 123 Å². The molecule has 54 heavy (non-hydrogen) atoms. The van der Waals surface area contributed by atoms with Gasteiger partial charge in [0.25, 0.3) is 0 Å². The van der Waals surface area contributed by atoms with Crippen LogP contribution in [0.15, 0.2) is 182 Å². The normalized spacial score (nSPS) is 12.8. The number of pyridine rings is 3. The summed E-state index contributed by atoms with van der Waals surface area (Å²) in [6, 6.07) is 58.4. The minimum Gasteiger partial charge on any atom is -0.310 e. The van der Waals surface area contributed by atoms with Crippen molar-refractivity contribution in [2.24, 2.45) is 0 Å². The van der Waals surface area contributed by atoms with Gasteiger partial charge in [-0.25, -0.2) is 4.98 Å². The summed E-state index contributed by atoms with van der Waals surface area (Å²) in [5.41, 5.74) is 14.2. The Hall–Kier alpha value is -6.91. The molecule has 0 saturated heterocycles. The van der Waals surface area contributed by atoms with Crippen molar-refractivity contribution < 1.29 is 0 Å². The Morgan fingerprint density at radius 3 is 1.72 bits per heavy atom. The van der Waals surface area contributed by atoms with E-state index in [0.29, 0.717) is 0 Å². The summed E-state index contributed by atoms with van der Waals surface area (Å²) in [6.45, 7) is 4.74. The highest BCUT2D eigenvalue weighted by Gasteiger charge is 2.35. The van der Waals surface area contributed by atoms with Crippen LogP contribution in [0.3, 0.4) is 0 Å². The van der Waals surface area contributed by atoms with Crippen molar-refractivity contribution in [3.05, 3.63) is 194 Å². The molecule has 4 heteroatoms. The second-order valence-corrected chi connectivity index (χ2v) is 14.6. The van der Waals surface area contributed by atoms with Crippen LogP contribution in [0.2, 0.25) is 0 Å². The lowest BCUT2D eigenvalue weighted by molar-refractivity contribution is 0.663. The molecule has 1 aliphatic carbocycles. The summed E-state index contributed by atoms with van der Waals surface area (Å²) in [4.78, 5) is 16.5. The molecule has 3 heterocycles. The second-order valence-electron chi connectivity index (χ2n) is 14.6. The average molecular weight is 693 g/mol. The fourth-order valence-electron chi connectivity index (χ4n) is 8.19. The van der Waals surface area contributed by atoms with Crippen molar-refractivity contribution in [2.75, 3.05) is 4.90 Å². The monoisotopic (exact) mass is 692 g/mol. The lowest BCUT2D eigenvalue weighted by Gasteiger charge is -2.29. The topological polar surface area (TPSA) is 41.9 Å². The maximum absolute atomic E-state index is 5.14. The lowest BCUT2D eigenvalue weighted by Crippen LogP contribution is -2.17. The van der Waals surface area contributed by atoms with Gasteiger partial charge in [0, 0.05) is 57.8 Å². The van der Waals surface area contributed by atoms with Gasteiger partial charge in [0.15, 0.2) is 0 Å². The van der Waals surface area contributed by atoms with Gasteiger partial charge in [0.1, 0.15) is 0 Å². The second kappa shape index (κ2) is 12.6. The highest BCUT2D eigenvalue weighted by Crippen LogP contribution is 2.52. The number of hydrogen-bond donors (Lipinski definition) is 0. The van der Waals surface area contributed by atoms with Gasteiger partial charge in [-0.3, -0.25) is 9.97 Å². The molecule has 10 rings (SSSR count). The molecule has 256 valence electrons. The molecule has 9 aromatic rings. The molecule has 0 aliphatic heterocycles. The summed E-state index contributed by atoms with van der Waals surface area (Å²) < 4.78 is 0. The van der Waals surface area contributed by atoms with Crippen LogP contribution < -0.4 is 4.90 Å². The Kier molecular flexibility index (Phi) is 7.44. The molecule has 0 radical (unpaired) electrons. The van der Waals surface area contributed by atoms with Gasteiger partial charge < -0.3 is 4.90 Å². The summed E-state index contributed by atoms with van der Waals surface area (Å²) in [5.74, 6) is 0. The third-order valence-corrected chi connectivity index (χ3v) is 10.9. The molecule has 0 saturated carbocycles. The van der Waals surface area contributed by atoms with Crippen molar-refractivity contribution in [2.45, 2.75) is 19.3 Å². The first-order chi connectivity index (χ1) is 26.5. The molecule has 6 aromatic carbocycles. The quantitative estimate of drug-likeness (QED) is 0.156. The van der Waals surface area contributed by atoms with Crippen molar-refractivity contribution in [1.29, 1.82) is 0 Å². The number of anilines is 3. The standard InChI is InChI=1S/C50H36N4/c1-50(2)43-30-39(47-15-8-14-46(53-47)34-10-4-3-5-11-34)28-36-16-17-37-29-42(31-44(50)49(37)48(36)43)54(40-22-18-33(19-23-40)38-12-9-26-51-32-38)41-24-20-35(21-25-41)45-13-6-7-27-52-45/h3-32H,1-2H3. The fraction of sp³-hybridized carbons (Fsp3) is 0.0600. The fourth-order valence-corrected chi connectivity index (χ4v) is 8.19. The van der Waals surface area contributed by atoms with Gasteiger partial charge in [-0.2, -0.15) is 0 Å². The predicted molar refractivity (Wildman–Crippen MR) is 223 cm³/mol. The Morgan fingerprint density at radius 1 is 0.426 bits per heavy atom. The van der Waals surface area contributed by atoms with Crippen molar-refractivity contribution >= 4 is 38.6 Å². The Labute approximate surface area is 315 Å². The van der Waals surface area contributed by atoms with Crippen molar-refractivity contribution in [1.82, 2.24) is 15.0 Å². The molecule has 0 unspecified atom stereocenters. The zero-order valence-corrected chi connectivity index (χ0v) is 30.1. The highest BCUT2D eigenvalue weighted by molar-refractivity contribution is 6.16. The number of hydrogen-bond acceptors (Lipinski definition) is 4. The van der Waals surface area contributed by atoms with Crippen LogP contribution in [-0.2, 0) is 5.41 Å². The molecule has 3 aromatic heterocycles. The van der Waals surface area contributed by atoms with Crippen LogP contribution in [0.5, 0.6) is 0 Å². The van der Waals surface area contributed by atoms with E-state index in [2.05, 4.69) is 168 Å². The largest absolute Gasteiger partial charge is 0.310 e. The first-order valence-electron chi connectivity index (χ1n) is 18.4. The van der Waals surface area contributed by atoms with Crippen molar-refractivity contribution in [3.8, 4) is 44.9 Å². The molecule has 0 fully saturated rings. The van der Waals surface area contributed by atoms with Crippen LogP contribution >= 0.6 is 0 Å². The summed E-state index contributed by atoms with van der Waals surface area (Å²) in [6.07, 6.45) is 5.57. The molecular weight excluding hydrogens is 657 g/mol. The van der Waals surface area contributed by atoms with Gasteiger partial charge >= 0.3 is 0 Å². The summed E-state index contributed by atoms with van der Waals surface area (Å²) in [7, 11) is 0. The number of aromatic nitrogens is 3. The number of nitrogens with zero attached hydrogens (tertiary/aromatic N) is 4. The molecule has 4 nitrogen and oxygen atoms in total. The van der Waals surface area contributed by atoms with E-state index in [-0.39, 0.29) is 5.41 Å². The number of benzene rings is 6. The van der Waals surface area contributed by atoms with Crippen molar-refractivity contribution in [3.63, 3.8) is 0 Å².